The largest absolute Gasteiger partial charge is 0.378 e. The SMILES string of the molecule is C[C](C)CN1CCOC[C@H]1C=O. The summed E-state index contributed by atoms with van der Waals surface area (Å²) in [6.07, 6.45) is 0.974. The summed E-state index contributed by atoms with van der Waals surface area (Å²) < 4.78 is 5.20. The predicted molar refractivity (Wildman–Crippen MR) is 46.8 cm³/mol. The minimum atomic E-state index is -0.0337. The van der Waals surface area contributed by atoms with Crippen LogP contribution in [0.5, 0.6) is 0 Å². The van der Waals surface area contributed by atoms with Gasteiger partial charge in [0.1, 0.15) is 6.29 Å². The van der Waals surface area contributed by atoms with Crippen molar-refractivity contribution in [2.75, 3.05) is 26.3 Å². The summed E-state index contributed by atoms with van der Waals surface area (Å²) in [5.41, 5.74) is 0. The molecule has 1 fully saturated rings. The number of carbonyl (C=O) groups is 1. The van der Waals surface area contributed by atoms with Crippen molar-refractivity contribution >= 4 is 6.29 Å². The van der Waals surface area contributed by atoms with Crippen LogP contribution in [0.15, 0.2) is 0 Å². The van der Waals surface area contributed by atoms with E-state index >= 15 is 0 Å². The Morgan fingerprint density at radius 3 is 3.00 bits per heavy atom. The van der Waals surface area contributed by atoms with Gasteiger partial charge in [-0.1, -0.05) is 13.8 Å². The molecule has 1 atom stereocenters. The molecule has 0 spiro atoms. The maximum absolute atomic E-state index is 10.6. The van der Waals surface area contributed by atoms with Gasteiger partial charge >= 0.3 is 0 Å². The van der Waals surface area contributed by atoms with E-state index < -0.39 is 0 Å². The summed E-state index contributed by atoms with van der Waals surface area (Å²) in [5, 5.41) is 0. The van der Waals surface area contributed by atoms with Gasteiger partial charge < -0.3 is 9.53 Å². The van der Waals surface area contributed by atoms with E-state index in [-0.39, 0.29) is 6.04 Å². The number of carbonyl (C=O) groups excluding carboxylic acids is 1. The van der Waals surface area contributed by atoms with Gasteiger partial charge in [0.05, 0.1) is 19.3 Å². The summed E-state index contributed by atoms with van der Waals surface area (Å²) in [7, 11) is 0. The molecule has 1 radical (unpaired) electrons. The third-order valence-corrected chi connectivity index (χ3v) is 1.96. The summed E-state index contributed by atoms with van der Waals surface area (Å²) in [5.74, 6) is 1.34. The van der Waals surface area contributed by atoms with E-state index in [0.29, 0.717) is 6.61 Å². The van der Waals surface area contributed by atoms with Crippen molar-refractivity contribution in [1.82, 2.24) is 4.90 Å². The molecule has 12 heavy (non-hydrogen) atoms. The van der Waals surface area contributed by atoms with Crippen LogP contribution in [-0.4, -0.2) is 43.5 Å². The Morgan fingerprint density at radius 2 is 2.42 bits per heavy atom. The summed E-state index contributed by atoms with van der Waals surface area (Å²) in [6, 6.07) is -0.0337. The van der Waals surface area contributed by atoms with Gasteiger partial charge in [-0.2, -0.15) is 0 Å². The van der Waals surface area contributed by atoms with Gasteiger partial charge in [-0.25, -0.2) is 0 Å². The zero-order valence-electron chi connectivity index (χ0n) is 7.75. The van der Waals surface area contributed by atoms with Crippen molar-refractivity contribution < 1.29 is 9.53 Å². The molecule has 1 heterocycles. The van der Waals surface area contributed by atoms with Gasteiger partial charge in [-0.15, -0.1) is 0 Å². The molecule has 0 saturated carbocycles. The lowest BCUT2D eigenvalue weighted by Crippen LogP contribution is -2.47. The molecule has 0 aliphatic carbocycles. The third kappa shape index (κ3) is 2.57. The van der Waals surface area contributed by atoms with Crippen LogP contribution in [0.1, 0.15) is 13.8 Å². The van der Waals surface area contributed by atoms with Crippen molar-refractivity contribution in [2.45, 2.75) is 19.9 Å². The van der Waals surface area contributed by atoms with Crippen LogP contribution in [0, 0.1) is 5.92 Å². The maximum atomic E-state index is 10.6. The normalized spacial score (nSPS) is 26.1. The van der Waals surface area contributed by atoms with Gasteiger partial charge in [-0.05, 0) is 5.92 Å². The number of morpholine rings is 1. The molecule has 1 rings (SSSR count). The van der Waals surface area contributed by atoms with Crippen LogP contribution in [-0.2, 0) is 9.53 Å². The topological polar surface area (TPSA) is 29.5 Å². The molecule has 0 amide bonds. The van der Waals surface area contributed by atoms with E-state index in [1.54, 1.807) is 0 Å². The lowest BCUT2D eigenvalue weighted by atomic mass is 10.1. The summed E-state index contributed by atoms with van der Waals surface area (Å²) in [4.78, 5) is 12.8. The number of nitrogens with zero attached hydrogens (tertiary/aromatic N) is 1. The molecule has 0 aromatic carbocycles. The maximum Gasteiger partial charge on any atom is 0.139 e. The van der Waals surface area contributed by atoms with E-state index in [1.807, 2.05) is 0 Å². The first-order valence-electron chi connectivity index (χ1n) is 4.30. The number of hydrogen-bond acceptors (Lipinski definition) is 3. The van der Waals surface area contributed by atoms with Crippen LogP contribution in [0.2, 0.25) is 0 Å². The highest BCUT2D eigenvalue weighted by Gasteiger charge is 2.22. The Kier molecular flexibility index (Phi) is 3.69. The minimum absolute atomic E-state index is 0.0337. The first-order valence-corrected chi connectivity index (χ1v) is 4.30. The first-order chi connectivity index (χ1) is 5.74. The van der Waals surface area contributed by atoms with Crippen LogP contribution in [0.3, 0.4) is 0 Å². The fourth-order valence-electron chi connectivity index (χ4n) is 1.38. The Labute approximate surface area is 73.7 Å². The van der Waals surface area contributed by atoms with Crippen LogP contribution >= 0.6 is 0 Å². The van der Waals surface area contributed by atoms with Crippen LogP contribution in [0.25, 0.3) is 0 Å². The zero-order valence-corrected chi connectivity index (χ0v) is 7.75. The first kappa shape index (κ1) is 9.68. The lowest BCUT2D eigenvalue weighted by Gasteiger charge is -2.33. The van der Waals surface area contributed by atoms with Gasteiger partial charge in [-0.3, -0.25) is 4.90 Å². The molecule has 0 N–H and O–H groups in total. The Hall–Kier alpha value is -0.410. The predicted octanol–water partition coefficient (Wildman–Crippen LogP) is 0.500. The second-order valence-corrected chi connectivity index (χ2v) is 3.46. The molecule has 69 valence electrons. The molecular formula is C9H16NO2. The monoisotopic (exact) mass is 170 g/mol. The van der Waals surface area contributed by atoms with Gasteiger partial charge in [0, 0.05) is 13.1 Å². The number of rotatable bonds is 3. The highest BCUT2D eigenvalue weighted by atomic mass is 16.5. The minimum Gasteiger partial charge on any atom is -0.378 e. The third-order valence-electron chi connectivity index (χ3n) is 1.96. The molecule has 1 aliphatic heterocycles. The second kappa shape index (κ2) is 4.58. The smallest absolute Gasteiger partial charge is 0.139 e. The Bertz CT molecular complexity index is 147. The average Bonchev–Trinajstić information content (AvgIpc) is 2.04. The fourth-order valence-corrected chi connectivity index (χ4v) is 1.38. The van der Waals surface area contributed by atoms with Crippen molar-refractivity contribution in [2.24, 2.45) is 0 Å². The van der Waals surface area contributed by atoms with Crippen LogP contribution in [0.4, 0.5) is 0 Å². The number of ether oxygens (including phenoxy) is 1. The molecule has 1 saturated heterocycles. The van der Waals surface area contributed by atoms with Gasteiger partial charge in [0.25, 0.3) is 0 Å². The fraction of sp³-hybridized carbons (Fsp3) is 0.778. The van der Waals surface area contributed by atoms with Crippen molar-refractivity contribution in [3.63, 3.8) is 0 Å². The quantitative estimate of drug-likeness (QED) is 0.578. The summed E-state index contributed by atoms with van der Waals surface area (Å²) in [6.45, 7) is 7.24. The Morgan fingerprint density at radius 1 is 1.67 bits per heavy atom. The van der Waals surface area contributed by atoms with Crippen LogP contribution < -0.4 is 0 Å². The molecular weight excluding hydrogens is 154 g/mol. The average molecular weight is 170 g/mol. The summed E-state index contributed by atoms with van der Waals surface area (Å²) >= 11 is 0. The van der Waals surface area contributed by atoms with E-state index in [0.717, 1.165) is 26.0 Å². The number of hydrogen-bond donors (Lipinski definition) is 0. The van der Waals surface area contributed by atoms with Crippen molar-refractivity contribution in [3.8, 4) is 0 Å². The van der Waals surface area contributed by atoms with Gasteiger partial charge in [0.15, 0.2) is 0 Å². The Balaban J connectivity index is 2.41. The molecule has 0 unspecified atom stereocenters. The molecule has 3 heteroatoms. The molecule has 1 aliphatic rings. The highest BCUT2D eigenvalue weighted by Crippen LogP contribution is 2.08. The molecule has 0 bridgehead atoms. The van der Waals surface area contributed by atoms with Crippen molar-refractivity contribution in [1.29, 1.82) is 0 Å². The van der Waals surface area contributed by atoms with E-state index in [1.165, 1.54) is 5.92 Å². The number of aldehydes is 1. The zero-order chi connectivity index (χ0) is 8.97. The van der Waals surface area contributed by atoms with Crippen molar-refractivity contribution in [3.05, 3.63) is 5.92 Å². The molecule has 0 aromatic heterocycles. The van der Waals surface area contributed by atoms with E-state index in [9.17, 15) is 4.79 Å². The second-order valence-electron chi connectivity index (χ2n) is 3.46. The highest BCUT2D eigenvalue weighted by molar-refractivity contribution is 5.58. The lowest BCUT2D eigenvalue weighted by molar-refractivity contribution is -0.117. The van der Waals surface area contributed by atoms with E-state index in [2.05, 4.69) is 18.7 Å². The molecule has 0 aromatic rings. The standard InChI is InChI=1S/C9H16NO2/c1-8(2)5-10-3-4-12-7-9(10)6-11/h6,9H,3-5,7H2,1-2H3/t9-/m1/s1. The molecule has 3 nitrogen and oxygen atoms in total. The van der Waals surface area contributed by atoms with Gasteiger partial charge in [0.2, 0.25) is 0 Å². The van der Waals surface area contributed by atoms with E-state index in [4.69, 9.17) is 4.74 Å².